The molecule has 0 radical (unpaired) electrons. The number of rotatable bonds is 6. The highest BCUT2D eigenvalue weighted by Crippen LogP contribution is 2.25. The van der Waals surface area contributed by atoms with E-state index in [9.17, 15) is 8.42 Å². The van der Waals surface area contributed by atoms with E-state index in [-0.39, 0.29) is 6.61 Å². The molecule has 96 valence electrons. The Morgan fingerprint density at radius 1 is 1.31 bits per heavy atom. The van der Waals surface area contributed by atoms with E-state index >= 15 is 0 Å². The van der Waals surface area contributed by atoms with Gasteiger partial charge in [0.2, 0.25) is 10.0 Å². The van der Waals surface area contributed by atoms with Crippen molar-refractivity contribution in [2.24, 2.45) is 5.92 Å². The molecule has 0 aromatic rings. The van der Waals surface area contributed by atoms with Gasteiger partial charge in [0.25, 0.3) is 0 Å². The highest BCUT2D eigenvalue weighted by molar-refractivity contribution is 7.90. The second kappa shape index (κ2) is 6.57. The molecule has 1 saturated carbocycles. The molecule has 1 unspecified atom stereocenters. The molecule has 0 amide bonds. The fourth-order valence-electron chi connectivity index (χ4n) is 2.12. The number of nitrogens with one attached hydrogen (secondary N) is 1. The third-order valence-corrected chi connectivity index (χ3v) is 5.18. The molecular weight excluding hydrogens is 226 g/mol. The predicted molar refractivity (Wildman–Crippen MR) is 64.7 cm³/mol. The Morgan fingerprint density at radius 2 is 1.94 bits per heavy atom. The molecule has 1 rings (SSSR count). The maximum absolute atomic E-state index is 11.5. The Hall–Kier alpha value is -0.130. The summed E-state index contributed by atoms with van der Waals surface area (Å²) in [5.74, 6) is 0.681. The van der Waals surface area contributed by atoms with Crippen molar-refractivity contribution in [3.8, 4) is 0 Å². The van der Waals surface area contributed by atoms with Gasteiger partial charge in [0.15, 0.2) is 0 Å². The second-order valence-corrected chi connectivity index (χ2v) is 6.91. The van der Waals surface area contributed by atoms with E-state index in [2.05, 4.69) is 4.72 Å². The van der Waals surface area contributed by atoms with Crippen LogP contribution in [-0.4, -0.2) is 31.9 Å². The molecule has 0 heterocycles. The van der Waals surface area contributed by atoms with Crippen molar-refractivity contribution in [3.63, 3.8) is 0 Å². The van der Waals surface area contributed by atoms with Gasteiger partial charge in [-0.3, -0.25) is 0 Å². The van der Waals surface area contributed by atoms with Crippen LogP contribution in [-0.2, 0) is 10.0 Å². The zero-order valence-corrected chi connectivity index (χ0v) is 10.8. The molecule has 0 saturated heterocycles. The first-order valence-corrected chi connectivity index (χ1v) is 7.70. The number of aliphatic hydroxyl groups is 1. The van der Waals surface area contributed by atoms with Gasteiger partial charge >= 0.3 is 0 Å². The van der Waals surface area contributed by atoms with Crippen LogP contribution < -0.4 is 4.72 Å². The Bertz CT molecular complexity index is 284. The monoisotopic (exact) mass is 249 g/mol. The first kappa shape index (κ1) is 13.9. The van der Waals surface area contributed by atoms with E-state index in [1.54, 1.807) is 0 Å². The highest BCUT2D eigenvalue weighted by atomic mass is 32.2. The Kier molecular flexibility index (Phi) is 5.72. The van der Waals surface area contributed by atoms with Crippen LogP contribution in [0.25, 0.3) is 0 Å². The standard InChI is InChI=1S/C11H23NO3S/c1-10(9-13)16(14,15)12-8-7-11-5-3-2-4-6-11/h10-13H,2-9H2,1H3. The molecule has 1 atom stereocenters. The fourth-order valence-corrected chi connectivity index (χ4v) is 3.00. The van der Waals surface area contributed by atoms with Crippen molar-refractivity contribution in [3.05, 3.63) is 0 Å². The zero-order chi connectivity index (χ0) is 12.0. The quantitative estimate of drug-likeness (QED) is 0.744. The maximum Gasteiger partial charge on any atom is 0.216 e. The van der Waals surface area contributed by atoms with Gasteiger partial charge < -0.3 is 5.11 Å². The smallest absolute Gasteiger partial charge is 0.216 e. The molecule has 1 aliphatic rings. The first-order chi connectivity index (χ1) is 7.56. The lowest BCUT2D eigenvalue weighted by Crippen LogP contribution is -2.35. The van der Waals surface area contributed by atoms with Crippen molar-refractivity contribution in [1.29, 1.82) is 0 Å². The number of aliphatic hydroxyl groups excluding tert-OH is 1. The Morgan fingerprint density at radius 3 is 2.50 bits per heavy atom. The number of sulfonamides is 1. The lowest BCUT2D eigenvalue weighted by atomic mass is 9.87. The lowest BCUT2D eigenvalue weighted by Gasteiger charge is -2.21. The third kappa shape index (κ3) is 4.39. The highest BCUT2D eigenvalue weighted by Gasteiger charge is 2.20. The summed E-state index contributed by atoms with van der Waals surface area (Å²) in [5.41, 5.74) is 0. The van der Waals surface area contributed by atoms with Crippen molar-refractivity contribution in [1.82, 2.24) is 4.72 Å². The Balaban J connectivity index is 2.23. The summed E-state index contributed by atoms with van der Waals surface area (Å²) < 4.78 is 25.6. The van der Waals surface area contributed by atoms with E-state index in [1.807, 2.05) is 0 Å². The van der Waals surface area contributed by atoms with Gasteiger partial charge in [-0.1, -0.05) is 32.1 Å². The molecule has 0 aliphatic heterocycles. The molecule has 0 aromatic heterocycles. The molecular formula is C11H23NO3S. The third-order valence-electron chi connectivity index (χ3n) is 3.37. The van der Waals surface area contributed by atoms with Gasteiger partial charge in [-0.05, 0) is 19.3 Å². The predicted octanol–water partition coefficient (Wildman–Crippen LogP) is 1.26. The molecule has 0 aromatic carbocycles. The van der Waals surface area contributed by atoms with Crippen molar-refractivity contribution < 1.29 is 13.5 Å². The van der Waals surface area contributed by atoms with Gasteiger partial charge in [-0.2, -0.15) is 0 Å². The van der Waals surface area contributed by atoms with Crippen molar-refractivity contribution in [2.45, 2.75) is 50.7 Å². The summed E-state index contributed by atoms with van der Waals surface area (Å²) in [6.45, 7) is 1.71. The van der Waals surface area contributed by atoms with Crippen LogP contribution >= 0.6 is 0 Å². The Labute approximate surface area is 98.5 Å². The molecule has 16 heavy (non-hydrogen) atoms. The van der Waals surface area contributed by atoms with Crippen LogP contribution in [0.3, 0.4) is 0 Å². The summed E-state index contributed by atoms with van der Waals surface area (Å²) in [4.78, 5) is 0. The van der Waals surface area contributed by atoms with E-state index in [0.717, 1.165) is 6.42 Å². The van der Waals surface area contributed by atoms with E-state index < -0.39 is 15.3 Å². The second-order valence-electron chi connectivity index (χ2n) is 4.73. The van der Waals surface area contributed by atoms with Gasteiger partial charge in [-0.25, -0.2) is 13.1 Å². The minimum Gasteiger partial charge on any atom is -0.395 e. The molecule has 2 N–H and O–H groups in total. The van der Waals surface area contributed by atoms with E-state index in [1.165, 1.54) is 39.0 Å². The summed E-state index contributed by atoms with van der Waals surface area (Å²) in [6.07, 6.45) is 7.28. The molecule has 5 heteroatoms. The average Bonchev–Trinajstić information content (AvgIpc) is 2.29. The van der Waals surface area contributed by atoms with E-state index in [0.29, 0.717) is 12.5 Å². The van der Waals surface area contributed by atoms with Gasteiger partial charge in [0.05, 0.1) is 11.9 Å². The molecule has 4 nitrogen and oxygen atoms in total. The van der Waals surface area contributed by atoms with Crippen molar-refractivity contribution in [2.75, 3.05) is 13.2 Å². The summed E-state index contributed by atoms with van der Waals surface area (Å²) in [7, 11) is -3.31. The van der Waals surface area contributed by atoms with Crippen LogP contribution in [0, 0.1) is 5.92 Å². The van der Waals surface area contributed by atoms with Crippen LogP contribution in [0.2, 0.25) is 0 Å². The van der Waals surface area contributed by atoms with Crippen LogP contribution in [0.5, 0.6) is 0 Å². The molecule has 1 aliphatic carbocycles. The van der Waals surface area contributed by atoms with Gasteiger partial charge in [0, 0.05) is 6.54 Å². The first-order valence-electron chi connectivity index (χ1n) is 6.15. The minimum absolute atomic E-state index is 0.321. The SMILES string of the molecule is CC(CO)S(=O)(=O)NCCC1CCCCC1. The largest absolute Gasteiger partial charge is 0.395 e. The van der Waals surface area contributed by atoms with Gasteiger partial charge in [-0.15, -0.1) is 0 Å². The average molecular weight is 249 g/mol. The number of hydrogen-bond acceptors (Lipinski definition) is 3. The molecule has 0 bridgehead atoms. The van der Waals surface area contributed by atoms with E-state index in [4.69, 9.17) is 5.11 Å². The van der Waals surface area contributed by atoms with Gasteiger partial charge in [0.1, 0.15) is 0 Å². The maximum atomic E-state index is 11.5. The minimum atomic E-state index is -3.31. The van der Waals surface area contributed by atoms with Crippen molar-refractivity contribution >= 4 is 10.0 Å². The lowest BCUT2D eigenvalue weighted by molar-refractivity contribution is 0.294. The van der Waals surface area contributed by atoms with Crippen LogP contribution in [0.1, 0.15) is 45.4 Å². The normalized spacial score (nSPS) is 20.9. The summed E-state index contributed by atoms with van der Waals surface area (Å²) >= 11 is 0. The summed E-state index contributed by atoms with van der Waals surface area (Å²) in [5, 5.41) is 8.09. The molecule has 1 fully saturated rings. The topological polar surface area (TPSA) is 66.4 Å². The zero-order valence-electron chi connectivity index (χ0n) is 9.98. The van der Waals surface area contributed by atoms with Crippen LogP contribution in [0.15, 0.2) is 0 Å². The molecule has 0 spiro atoms. The fraction of sp³-hybridized carbons (Fsp3) is 1.00. The van der Waals surface area contributed by atoms with Crippen LogP contribution in [0.4, 0.5) is 0 Å². The number of hydrogen-bond donors (Lipinski definition) is 2. The summed E-state index contributed by atoms with van der Waals surface area (Å²) in [6, 6.07) is 0.